The van der Waals surface area contributed by atoms with Gasteiger partial charge in [0, 0.05) is 34.5 Å². The third-order valence-electron chi connectivity index (χ3n) is 5.69. The molecule has 1 aromatic carbocycles. The summed E-state index contributed by atoms with van der Waals surface area (Å²) >= 11 is 10.0. The molecule has 4 nitrogen and oxygen atoms in total. The van der Waals surface area contributed by atoms with E-state index in [2.05, 4.69) is 44.4 Å². The van der Waals surface area contributed by atoms with Gasteiger partial charge in [-0.05, 0) is 73.9 Å². The Balaban J connectivity index is 1.48. The lowest BCUT2D eigenvalue weighted by atomic mass is 9.83. The lowest BCUT2D eigenvalue weighted by molar-refractivity contribution is 0.323. The van der Waals surface area contributed by atoms with Crippen LogP contribution >= 0.6 is 27.5 Å². The fourth-order valence-electron chi connectivity index (χ4n) is 4.00. The minimum atomic E-state index is 0.367. The van der Waals surface area contributed by atoms with Crippen molar-refractivity contribution < 1.29 is 0 Å². The normalized spacial score (nSPS) is 18.9. The van der Waals surface area contributed by atoms with E-state index in [0.717, 1.165) is 46.5 Å². The molecule has 30 heavy (non-hydrogen) atoms. The van der Waals surface area contributed by atoms with Crippen molar-refractivity contribution in [1.29, 1.82) is 0 Å². The first-order valence-corrected chi connectivity index (χ1v) is 11.6. The summed E-state index contributed by atoms with van der Waals surface area (Å²) in [6.07, 6.45) is 7.29. The van der Waals surface area contributed by atoms with Crippen LogP contribution in [0.15, 0.2) is 59.2 Å². The predicted octanol–water partition coefficient (Wildman–Crippen LogP) is 6.23. The van der Waals surface area contributed by atoms with Crippen molar-refractivity contribution in [3.05, 3.63) is 75.5 Å². The first kappa shape index (κ1) is 21.3. The van der Waals surface area contributed by atoms with Crippen LogP contribution in [0.1, 0.15) is 36.9 Å². The molecule has 3 N–H and O–H groups in total. The molecule has 0 radical (unpaired) electrons. The molecular weight excluding hydrogens is 460 g/mol. The maximum atomic E-state index is 6.49. The van der Waals surface area contributed by atoms with Gasteiger partial charge in [-0.15, -0.1) is 0 Å². The number of hydrogen-bond donors (Lipinski definition) is 2. The number of hydrogen-bond acceptors (Lipinski definition) is 4. The molecule has 0 unspecified atom stereocenters. The lowest BCUT2D eigenvalue weighted by Gasteiger charge is -2.25. The Morgan fingerprint density at radius 1 is 1.07 bits per heavy atom. The smallest absolute Gasteiger partial charge is 0.126 e. The molecule has 0 saturated heterocycles. The van der Waals surface area contributed by atoms with Gasteiger partial charge in [0.25, 0.3) is 0 Å². The highest BCUT2D eigenvalue weighted by Gasteiger charge is 2.20. The molecule has 2 aromatic heterocycles. The molecule has 0 bridgehead atoms. The van der Waals surface area contributed by atoms with E-state index < -0.39 is 0 Å². The molecule has 1 aliphatic rings. The summed E-state index contributed by atoms with van der Waals surface area (Å²) in [5, 5.41) is 4.03. The number of benzene rings is 1. The van der Waals surface area contributed by atoms with Crippen LogP contribution in [-0.2, 0) is 13.0 Å². The molecule has 156 valence electrons. The average Bonchev–Trinajstić information content (AvgIpc) is 2.75. The van der Waals surface area contributed by atoms with E-state index in [4.69, 9.17) is 22.3 Å². The number of rotatable bonds is 6. The summed E-state index contributed by atoms with van der Waals surface area (Å²) in [5.41, 5.74) is 10.1. The third kappa shape index (κ3) is 5.60. The van der Waals surface area contributed by atoms with Crippen LogP contribution in [-0.4, -0.2) is 16.0 Å². The van der Waals surface area contributed by atoms with Gasteiger partial charge in [0.1, 0.15) is 5.82 Å². The molecule has 1 saturated carbocycles. The molecule has 3 aromatic rings. The van der Waals surface area contributed by atoms with E-state index >= 15 is 0 Å². The Morgan fingerprint density at radius 3 is 2.67 bits per heavy atom. The second-order valence-corrected chi connectivity index (χ2v) is 9.35. The summed E-state index contributed by atoms with van der Waals surface area (Å²) in [5.74, 6) is 1.47. The van der Waals surface area contributed by atoms with E-state index in [9.17, 15) is 0 Å². The van der Waals surface area contributed by atoms with Crippen molar-refractivity contribution in [1.82, 2.24) is 9.97 Å². The Kier molecular flexibility index (Phi) is 7.03. The number of nitrogens with zero attached hydrogens (tertiary/aromatic N) is 2. The predicted molar refractivity (Wildman–Crippen MR) is 128 cm³/mol. The van der Waals surface area contributed by atoms with Gasteiger partial charge < -0.3 is 11.1 Å². The maximum Gasteiger partial charge on any atom is 0.126 e. The first-order valence-electron chi connectivity index (χ1n) is 10.4. The zero-order valence-corrected chi connectivity index (χ0v) is 19.2. The Bertz CT molecular complexity index is 1000. The number of nitrogens with two attached hydrogens (primary N) is 1. The van der Waals surface area contributed by atoms with Crippen LogP contribution in [0.3, 0.4) is 0 Å². The zero-order valence-electron chi connectivity index (χ0n) is 16.8. The van der Waals surface area contributed by atoms with Gasteiger partial charge in [-0.3, -0.25) is 4.98 Å². The summed E-state index contributed by atoms with van der Waals surface area (Å²) in [4.78, 5) is 9.36. The molecule has 4 rings (SSSR count). The monoisotopic (exact) mass is 484 g/mol. The van der Waals surface area contributed by atoms with Crippen LogP contribution in [0.4, 0.5) is 5.82 Å². The first-order chi connectivity index (χ1) is 14.6. The molecule has 2 heterocycles. The molecular formula is C24H26BrClN4. The number of halogens is 2. The van der Waals surface area contributed by atoms with Crippen LogP contribution in [0.25, 0.3) is 11.3 Å². The van der Waals surface area contributed by atoms with Gasteiger partial charge in [0.2, 0.25) is 0 Å². The van der Waals surface area contributed by atoms with Gasteiger partial charge in [-0.1, -0.05) is 45.7 Å². The van der Waals surface area contributed by atoms with Crippen molar-refractivity contribution in [2.45, 2.75) is 44.7 Å². The molecule has 1 aliphatic carbocycles. The van der Waals surface area contributed by atoms with E-state index in [0.29, 0.717) is 23.5 Å². The Labute approximate surface area is 191 Å². The van der Waals surface area contributed by atoms with Crippen molar-refractivity contribution in [3.63, 3.8) is 0 Å². The summed E-state index contributed by atoms with van der Waals surface area (Å²) in [6.45, 7) is 0.703. The number of nitrogens with one attached hydrogen (secondary N) is 1. The third-order valence-corrected chi connectivity index (χ3v) is 6.48. The topological polar surface area (TPSA) is 63.8 Å². The molecule has 0 amide bonds. The average molecular weight is 486 g/mol. The SMILES string of the molecule is NC1CCC(Cc2cc(-c3cccc(NCc4cccc(Br)c4)n3)c(Cl)cn2)CC1. The van der Waals surface area contributed by atoms with Crippen molar-refractivity contribution in [2.24, 2.45) is 11.7 Å². The van der Waals surface area contributed by atoms with Crippen molar-refractivity contribution in [2.75, 3.05) is 5.32 Å². The molecule has 0 aliphatic heterocycles. The van der Waals surface area contributed by atoms with Crippen LogP contribution < -0.4 is 11.1 Å². The van der Waals surface area contributed by atoms with Gasteiger partial charge in [-0.2, -0.15) is 0 Å². The fraction of sp³-hybridized carbons (Fsp3) is 0.333. The van der Waals surface area contributed by atoms with Crippen molar-refractivity contribution in [3.8, 4) is 11.3 Å². The highest BCUT2D eigenvalue weighted by atomic mass is 79.9. The van der Waals surface area contributed by atoms with Crippen LogP contribution in [0.5, 0.6) is 0 Å². The number of anilines is 1. The zero-order chi connectivity index (χ0) is 20.9. The van der Waals surface area contributed by atoms with Gasteiger partial charge >= 0.3 is 0 Å². The second kappa shape index (κ2) is 9.90. The summed E-state index contributed by atoms with van der Waals surface area (Å²) in [7, 11) is 0. The van der Waals surface area contributed by atoms with E-state index in [1.165, 1.54) is 18.4 Å². The van der Waals surface area contributed by atoms with E-state index in [1.807, 2.05) is 30.3 Å². The number of pyridine rings is 2. The minimum Gasteiger partial charge on any atom is -0.366 e. The van der Waals surface area contributed by atoms with E-state index in [1.54, 1.807) is 6.20 Å². The standard InChI is InChI=1S/C24H26BrClN4/c25-18-4-1-3-17(11-18)14-29-24-6-2-5-23(30-24)21-13-20(28-15-22(21)26)12-16-7-9-19(27)10-8-16/h1-6,11,13,15-16,19H,7-10,12,14,27H2,(H,29,30). The summed E-state index contributed by atoms with van der Waals surface area (Å²) in [6, 6.07) is 16.7. The molecule has 0 spiro atoms. The molecule has 0 atom stereocenters. The van der Waals surface area contributed by atoms with Gasteiger partial charge in [0.15, 0.2) is 0 Å². The van der Waals surface area contributed by atoms with Crippen LogP contribution in [0.2, 0.25) is 5.02 Å². The quantitative estimate of drug-likeness (QED) is 0.434. The molecule has 6 heteroatoms. The largest absolute Gasteiger partial charge is 0.366 e. The second-order valence-electron chi connectivity index (χ2n) is 8.03. The lowest BCUT2D eigenvalue weighted by Crippen LogP contribution is -2.27. The highest BCUT2D eigenvalue weighted by Crippen LogP contribution is 2.30. The minimum absolute atomic E-state index is 0.367. The summed E-state index contributed by atoms with van der Waals surface area (Å²) < 4.78 is 1.07. The molecule has 1 fully saturated rings. The fourth-order valence-corrected chi connectivity index (χ4v) is 4.65. The Morgan fingerprint density at radius 2 is 1.87 bits per heavy atom. The Hall–Kier alpha value is -1.95. The number of aromatic nitrogens is 2. The van der Waals surface area contributed by atoms with Gasteiger partial charge in [-0.25, -0.2) is 4.98 Å². The maximum absolute atomic E-state index is 6.49. The highest BCUT2D eigenvalue weighted by molar-refractivity contribution is 9.10. The van der Waals surface area contributed by atoms with Crippen molar-refractivity contribution >= 4 is 33.3 Å². The van der Waals surface area contributed by atoms with E-state index in [-0.39, 0.29) is 0 Å². The van der Waals surface area contributed by atoms with Crippen LogP contribution in [0, 0.1) is 5.92 Å². The van der Waals surface area contributed by atoms with Gasteiger partial charge in [0.05, 0.1) is 10.7 Å².